The van der Waals surface area contributed by atoms with E-state index >= 15 is 0 Å². The van der Waals surface area contributed by atoms with Crippen LogP contribution in [-0.2, 0) is 15.7 Å². The molecule has 2 aromatic carbocycles. The Bertz CT molecular complexity index is 1770. The number of halogens is 2. The zero-order valence-electron chi connectivity index (χ0n) is 25.3. The number of likely N-dealkylation sites (tertiary alicyclic amines) is 1. The maximum absolute atomic E-state index is 13.8. The van der Waals surface area contributed by atoms with Crippen LogP contribution in [0.4, 0.5) is 4.79 Å². The molecular weight excluding hydrogens is 643 g/mol. The van der Waals surface area contributed by atoms with E-state index < -0.39 is 27.7 Å². The van der Waals surface area contributed by atoms with E-state index in [0.717, 1.165) is 30.2 Å². The second kappa shape index (κ2) is 12.9. The standard InChI is InChI=1S/C31H36Cl2N4O7S/c1-31(2,3)36-19-25(23-6-4-5-7-24(23)28(36)38)29(39)37(30(40)41)45(42,43)35-16-10-20(11-17-35)34-14-12-21(13-15-34)44-22-8-9-26(32)27(33)18-22/h4-9,18-21H,10-17H2,1-3H3,(H,40,41). The molecule has 2 aliphatic rings. The monoisotopic (exact) mass is 678 g/mol. The molecule has 0 atom stereocenters. The van der Waals surface area contributed by atoms with Gasteiger partial charge in [-0.15, -0.1) is 4.31 Å². The number of nitrogens with zero attached hydrogens (tertiary/aromatic N) is 4. The quantitative estimate of drug-likeness (QED) is 0.365. The number of imide groups is 1. The van der Waals surface area contributed by atoms with Crippen LogP contribution in [0.3, 0.4) is 0 Å². The zero-order chi connectivity index (χ0) is 32.7. The number of carbonyl (C=O) groups is 2. The fraction of sp³-hybridized carbons (Fsp3) is 0.452. The average Bonchev–Trinajstić information content (AvgIpc) is 2.99. The van der Waals surface area contributed by atoms with E-state index in [2.05, 4.69) is 4.90 Å². The maximum atomic E-state index is 13.8. The van der Waals surface area contributed by atoms with Gasteiger partial charge in [0.2, 0.25) is 0 Å². The van der Waals surface area contributed by atoms with Gasteiger partial charge in [0.25, 0.3) is 11.5 Å². The van der Waals surface area contributed by atoms with Crippen LogP contribution in [0, 0.1) is 0 Å². The Morgan fingerprint density at radius 1 is 0.933 bits per heavy atom. The molecule has 2 amide bonds. The normalized spacial score (nSPS) is 17.8. The molecule has 0 radical (unpaired) electrons. The van der Waals surface area contributed by atoms with Crippen LogP contribution in [0.5, 0.6) is 5.75 Å². The van der Waals surface area contributed by atoms with Crippen molar-refractivity contribution in [3.05, 3.63) is 74.6 Å². The van der Waals surface area contributed by atoms with E-state index in [1.807, 2.05) is 0 Å². The summed E-state index contributed by atoms with van der Waals surface area (Å²) in [4.78, 5) is 41.6. The van der Waals surface area contributed by atoms with E-state index in [4.69, 9.17) is 27.9 Å². The Hall–Kier alpha value is -3.16. The Kier molecular flexibility index (Phi) is 9.53. The third-order valence-corrected chi connectivity index (χ3v) is 10.9. The molecule has 5 rings (SSSR count). The van der Waals surface area contributed by atoms with Crippen molar-refractivity contribution in [1.82, 2.24) is 18.1 Å². The van der Waals surface area contributed by atoms with Crippen LogP contribution in [-0.4, -0.2) is 81.9 Å². The molecule has 2 saturated heterocycles. The minimum Gasteiger partial charge on any atom is -0.490 e. The molecule has 1 N–H and O–H groups in total. The van der Waals surface area contributed by atoms with Crippen molar-refractivity contribution in [3.63, 3.8) is 0 Å². The number of rotatable bonds is 6. The molecule has 0 saturated carbocycles. The molecule has 0 spiro atoms. The fourth-order valence-corrected chi connectivity index (χ4v) is 7.71. The Morgan fingerprint density at radius 2 is 1.56 bits per heavy atom. The lowest BCUT2D eigenvalue weighted by atomic mass is 10.00. The molecule has 3 heterocycles. The van der Waals surface area contributed by atoms with Crippen LogP contribution in [0.25, 0.3) is 10.8 Å². The molecule has 2 aliphatic heterocycles. The molecule has 14 heteroatoms. The topological polar surface area (TPSA) is 129 Å². The van der Waals surface area contributed by atoms with Crippen molar-refractivity contribution in [2.45, 2.75) is 64.1 Å². The van der Waals surface area contributed by atoms with Crippen LogP contribution in [0.2, 0.25) is 10.0 Å². The Morgan fingerprint density at radius 3 is 2.13 bits per heavy atom. The molecule has 11 nitrogen and oxygen atoms in total. The van der Waals surface area contributed by atoms with E-state index in [1.54, 1.807) is 51.1 Å². The number of aromatic nitrogens is 1. The molecule has 2 fully saturated rings. The minimum atomic E-state index is -4.73. The Balaban J connectivity index is 1.28. The third-order valence-electron chi connectivity index (χ3n) is 8.40. The van der Waals surface area contributed by atoms with Gasteiger partial charge in [0.15, 0.2) is 0 Å². The maximum Gasteiger partial charge on any atom is 0.429 e. The fourth-order valence-electron chi connectivity index (χ4n) is 6.01. The second-order valence-corrected chi connectivity index (χ2v) is 14.9. The van der Waals surface area contributed by atoms with Gasteiger partial charge in [0, 0.05) is 60.8 Å². The summed E-state index contributed by atoms with van der Waals surface area (Å²) in [6.07, 6.45) is 1.88. The summed E-state index contributed by atoms with van der Waals surface area (Å²) < 4.78 is 35.8. The van der Waals surface area contributed by atoms with Crippen molar-refractivity contribution in [2.75, 3.05) is 26.2 Å². The summed E-state index contributed by atoms with van der Waals surface area (Å²) in [5.41, 5.74) is -1.31. The summed E-state index contributed by atoms with van der Waals surface area (Å²) in [5.74, 6) is -0.577. The highest BCUT2D eigenvalue weighted by Crippen LogP contribution is 2.30. The molecule has 3 aromatic rings. The van der Waals surface area contributed by atoms with Crippen LogP contribution in [0.1, 0.15) is 56.8 Å². The van der Waals surface area contributed by atoms with E-state index in [9.17, 15) is 27.9 Å². The first-order chi connectivity index (χ1) is 21.2. The van der Waals surface area contributed by atoms with Gasteiger partial charge in [-0.3, -0.25) is 9.59 Å². The summed E-state index contributed by atoms with van der Waals surface area (Å²) in [7, 11) is -4.73. The summed E-state index contributed by atoms with van der Waals surface area (Å²) >= 11 is 12.1. The number of carbonyl (C=O) groups excluding carboxylic acids is 1. The molecule has 1 aromatic heterocycles. The van der Waals surface area contributed by atoms with Crippen molar-refractivity contribution in [1.29, 1.82) is 0 Å². The first-order valence-electron chi connectivity index (χ1n) is 14.8. The number of hydrogen-bond donors (Lipinski definition) is 1. The molecule has 242 valence electrons. The van der Waals surface area contributed by atoms with Gasteiger partial charge in [-0.2, -0.15) is 12.7 Å². The number of ether oxygens (including phenoxy) is 1. The molecule has 0 unspecified atom stereocenters. The lowest BCUT2D eigenvalue weighted by Crippen LogP contribution is -2.54. The van der Waals surface area contributed by atoms with Crippen LogP contribution in [0.15, 0.2) is 53.5 Å². The minimum absolute atomic E-state index is 0.0119. The number of piperidine rings is 2. The number of pyridine rings is 1. The van der Waals surface area contributed by atoms with Gasteiger partial charge in [-0.25, -0.2) is 4.79 Å². The van der Waals surface area contributed by atoms with E-state index in [-0.39, 0.29) is 51.4 Å². The average molecular weight is 680 g/mol. The van der Waals surface area contributed by atoms with Crippen molar-refractivity contribution < 1.29 is 27.9 Å². The van der Waals surface area contributed by atoms with Gasteiger partial charge in [0.05, 0.1) is 15.6 Å². The molecule has 0 aliphatic carbocycles. The summed E-state index contributed by atoms with van der Waals surface area (Å²) in [6.45, 7) is 6.94. The number of hydrogen-bond acceptors (Lipinski definition) is 7. The van der Waals surface area contributed by atoms with Gasteiger partial charge < -0.3 is 19.3 Å². The van der Waals surface area contributed by atoms with Gasteiger partial charge in [-0.05, 0) is 64.7 Å². The number of benzene rings is 2. The SMILES string of the molecule is CC(C)(C)n1cc(C(=O)N(C(=O)O)S(=O)(=O)N2CCC(N3CCC(Oc4ccc(Cl)c(Cl)c4)CC3)CC2)c2ccccc2c1=O. The summed E-state index contributed by atoms with van der Waals surface area (Å²) in [5, 5.41) is 11.3. The van der Waals surface area contributed by atoms with E-state index in [0.29, 0.717) is 28.6 Å². The molecule has 45 heavy (non-hydrogen) atoms. The van der Waals surface area contributed by atoms with Gasteiger partial charge in [0.1, 0.15) is 11.9 Å². The van der Waals surface area contributed by atoms with Crippen molar-refractivity contribution in [3.8, 4) is 5.75 Å². The molecule has 0 bridgehead atoms. The largest absolute Gasteiger partial charge is 0.490 e. The lowest BCUT2D eigenvalue weighted by Gasteiger charge is -2.41. The highest BCUT2D eigenvalue weighted by atomic mass is 35.5. The highest BCUT2D eigenvalue weighted by Gasteiger charge is 2.42. The summed E-state index contributed by atoms with van der Waals surface area (Å²) in [6, 6.07) is 11.6. The van der Waals surface area contributed by atoms with Crippen LogP contribution >= 0.6 is 23.2 Å². The lowest BCUT2D eigenvalue weighted by molar-refractivity contribution is 0.0577. The zero-order valence-corrected chi connectivity index (χ0v) is 27.6. The van der Waals surface area contributed by atoms with E-state index in [1.165, 1.54) is 22.9 Å². The first kappa shape index (κ1) is 33.2. The smallest absolute Gasteiger partial charge is 0.429 e. The predicted octanol–water partition coefficient (Wildman–Crippen LogP) is 5.44. The van der Waals surface area contributed by atoms with Crippen LogP contribution < -0.4 is 10.3 Å². The number of fused-ring (bicyclic) bond motifs is 1. The number of amides is 2. The predicted molar refractivity (Wildman–Crippen MR) is 173 cm³/mol. The van der Waals surface area contributed by atoms with Crippen molar-refractivity contribution >= 4 is 56.2 Å². The highest BCUT2D eigenvalue weighted by molar-refractivity contribution is 7.87. The second-order valence-electron chi connectivity index (χ2n) is 12.4. The Labute approximate surface area is 272 Å². The molecular formula is C31H36Cl2N4O7S. The van der Waals surface area contributed by atoms with Gasteiger partial charge >= 0.3 is 16.3 Å². The van der Waals surface area contributed by atoms with Crippen molar-refractivity contribution in [2.24, 2.45) is 0 Å². The third kappa shape index (κ3) is 6.85. The first-order valence-corrected chi connectivity index (χ1v) is 16.9. The van der Waals surface area contributed by atoms with Gasteiger partial charge in [-0.1, -0.05) is 41.4 Å². The number of carboxylic acid groups (broad SMARTS) is 1.